The largest absolute Gasteiger partial charge is 0.395 e. The second kappa shape index (κ2) is 12.1. The van der Waals surface area contributed by atoms with Crippen LogP contribution in [0.1, 0.15) is 45.4 Å². The number of aliphatic hydroxyl groups excluding tert-OH is 2. The topological polar surface area (TPSA) is 43.7 Å². The van der Waals surface area contributed by atoms with Gasteiger partial charge in [0.15, 0.2) is 0 Å². The van der Waals surface area contributed by atoms with E-state index in [2.05, 4.69) is 18.4 Å². The summed E-state index contributed by atoms with van der Waals surface area (Å²) in [6.07, 6.45) is 7.13. The van der Waals surface area contributed by atoms with Gasteiger partial charge in [0.1, 0.15) is 0 Å². The van der Waals surface area contributed by atoms with Crippen molar-refractivity contribution in [3.05, 3.63) is 12.2 Å². The Labute approximate surface area is 106 Å². The van der Waals surface area contributed by atoms with E-state index in [0.29, 0.717) is 13.1 Å². The lowest BCUT2D eigenvalue weighted by atomic mass is 10.1. The van der Waals surface area contributed by atoms with Gasteiger partial charge in [0, 0.05) is 13.1 Å². The molecule has 0 radical (unpaired) electrons. The first-order chi connectivity index (χ1) is 8.24. The second-order valence-corrected chi connectivity index (χ2v) is 4.56. The molecule has 3 heteroatoms. The van der Waals surface area contributed by atoms with E-state index in [1.54, 1.807) is 0 Å². The minimum absolute atomic E-state index is 0.177. The predicted octanol–water partition coefficient (Wildman–Crippen LogP) is 2.19. The third kappa shape index (κ3) is 10.5. The minimum Gasteiger partial charge on any atom is -0.395 e. The van der Waals surface area contributed by atoms with E-state index in [1.165, 1.54) is 24.8 Å². The van der Waals surface area contributed by atoms with Gasteiger partial charge in [0.2, 0.25) is 0 Å². The van der Waals surface area contributed by atoms with Gasteiger partial charge in [-0.25, -0.2) is 0 Å². The van der Waals surface area contributed by atoms with Crippen molar-refractivity contribution in [3.8, 4) is 0 Å². The fraction of sp³-hybridized carbons (Fsp3) is 0.857. The molecule has 3 nitrogen and oxygen atoms in total. The van der Waals surface area contributed by atoms with Crippen molar-refractivity contribution in [2.24, 2.45) is 0 Å². The zero-order valence-electron chi connectivity index (χ0n) is 11.3. The molecule has 0 aromatic rings. The van der Waals surface area contributed by atoms with Crippen LogP contribution in [0.4, 0.5) is 0 Å². The van der Waals surface area contributed by atoms with Crippen LogP contribution >= 0.6 is 0 Å². The molecule has 0 aliphatic rings. The molecule has 0 amide bonds. The number of nitrogens with zero attached hydrogens (tertiary/aromatic N) is 1. The van der Waals surface area contributed by atoms with Crippen molar-refractivity contribution in [1.82, 2.24) is 4.90 Å². The van der Waals surface area contributed by atoms with Crippen molar-refractivity contribution in [2.45, 2.75) is 45.4 Å². The van der Waals surface area contributed by atoms with Crippen LogP contribution in [0.5, 0.6) is 0 Å². The average Bonchev–Trinajstić information content (AvgIpc) is 2.33. The number of aliphatic hydroxyl groups is 2. The highest BCUT2D eigenvalue weighted by Gasteiger charge is 2.02. The molecule has 0 spiro atoms. The normalized spacial score (nSPS) is 11.1. The van der Waals surface area contributed by atoms with Crippen molar-refractivity contribution < 1.29 is 10.2 Å². The molecule has 0 aliphatic carbocycles. The highest BCUT2D eigenvalue weighted by Crippen LogP contribution is 2.11. The molecule has 0 fully saturated rings. The summed E-state index contributed by atoms with van der Waals surface area (Å²) in [4.78, 5) is 2.12. The molecule has 102 valence electrons. The summed E-state index contributed by atoms with van der Waals surface area (Å²) < 4.78 is 0. The van der Waals surface area contributed by atoms with Crippen LogP contribution in [0.3, 0.4) is 0 Å². The van der Waals surface area contributed by atoms with E-state index in [0.717, 1.165) is 25.8 Å². The Bertz CT molecular complexity index is 177. The van der Waals surface area contributed by atoms with Gasteiger partial charge in [-0.2, -0.15) is 0 Å². The van der Waals surface area contributed by atoms with Crippen LogP contribution in [0.25, 0.3) is 0 Å². The third-order valence-corrected chi connectivity index (χ3v) is 3.09. The SMILES string of the molecule is C=C(CC)CCCCCCN(CCO)CCO. The van der Waals surface area contributed by atoms with E-state index in [-0.39, 0.29) is 13.2 Å². The van der Waals surface area contributed by atoms with E-state index in [1.807, 2.05) is 0 Å². The molecule has 17 heavy (non-hydrogen) atoms. The average molecular weight is 243 g/mol. The van der Waals surface area contributed by atoms with Gasteiger partial charge in [0.05, 0.1) is 13.2 Å². The number of allylic oxidation sites excluding steroid dienone is 1. The summed E-state index contributed by atoms with van der Waals surface area (Å²) >= 11 is 0. The highest BCUT2D eigenvalue weighted by atomic mass is 16.3. The molecular weight excluding hydrogens is 214 g/mol. The van der Waals surface area contributed by atoms with E-state index in [4.69, 9.17) is 10.2 Å². The maximum Gasteiger partial charge on any atom is 0.0558 e. The smallest absolute Gasteiger partial charge is 0.0558 e. The lowest BCUT2D eigenvalue weighted by molar-refractivity contribution is 0.159. The van der Waals surface area contributed by atoms with Gasteiger partial charge < -0.3 is 10.2 Å². The fourth-order valence-electron chi connectivity index (χ4n) is 1.86. The Morgan fingerprint density at radius 1 is 0.941 bits per heavy atom. The summed E-state index contributed by atoms with van der Waals surface area (Å²) in [5.41, 5.74) is 1.35. The first-order valence-electron chi connectivity index (χ1n) is 6.85. The quantitative estimate of drug-likeness (QED) is 0.408. The Morgan fingerprint density at radius 2 is 1.53 bits per heavy atom. The molecule has 0 saturated heterocycles. The summed E-state index contributed by atoms with van der Waals surface area (Å²) in [5.74, 6) is 0. The Balaban J connectivity index is 3.38. The molecule has 0 unspecified atom stereocenters. The number of unbranched alkanes of at least 4 members (excludes halogenated alkanes) is 3. The van der Waals surface area contributed by atoms with Crippen LogP contribution < -0.4 is 0 Å². The Morgan fingerprint density at radius 3 is 2.06 bits per heavy atom. The van der Waals surface area contributed by atoms with Gasteiger partial charge in [-0.15, -0.1) is 0 Å². The van der Waals surface area contributed by atoms with Gasteiger partial charge in [-0.1, -0.05) is 31.9 Å². The summed E-state index contributed by atoms with van der Waals surface area (Å²) in [7, 11) is 0. The first-order valence-corrected chi connectivity index (χ1v) is 6.85. The lowest BCUT2D eigenvalue weighted by Gasteiger charge is -2.19. The summed E-state index contributed by atoms with van der Waals surface area (Å²) in [5, 5.41) is 17.7. The van der Waals surface area contributed by atoms with E-state index in [9.17, 15) is 0 Å². The van der Waals surface area contributed by atoms with E-state index < -0.39 is 0 Å². The molecule has 0 rings (SSSR count). The number of hydrogen-bond donors (Lipinski definition) is 2. The highest BCUT2D eigenvalue weighted by molar-refractivity contribution is 4.91. The number of hydrogen-bond acceptors (Lipinski definition) is 3. The summed E-state index contributed by atoms with van der Waals surface area (Å²) in [6, 6.07) is 0. The monoisotopic (exact) mass is 243 g/mol. The van der Waals surface area contributed by atoms with Crippen LogP contribution in [0.15, 0.2) is 12.2 Å². The second-order valence-electron chi connectivity index (χ2n) is 4.56. The number of rotatable bonds is 12. The predicted molar refractivity (Wildman–Crippen MR) is 73.1 cm³/mol. The molecule has 0 saturated carbocycles. The fourth-order valence-corrected chi connectivity index (χ4v) is 1.86. The van der Waals surface area contributed by atoms with Gasteiger partial charge in [-0.05, 0) is 32.2 Å². The molecule has 0 aromatic carbocycles. The van der Waals surface area contributed by atoms with Gasteiger partial charge in [0.25, 0.3) is 0 Å². The Hall–Kier alpha value is -0.380. The minimum atomic E-state index is 0.177. The molecule has 2 N–H and O–H groups in total. The van der Waals surface area contributed by atoms with Crippen LogP contribution in [0.2, 0.25) is 0 Å². The van der Waals surface area contributed by atoms with Gasteiger partial charge >= 0.3 is 0 Å². The molecule has 0 aliphatic heterocycles. The summed E-state index contributed by atoms with van der Waals surface area (Å²) in [6.45, 7) is 8.84. The van der Waals surface area contributed by atoms with Gasteiger partial charge in [-0.3, -0.25) is 4.90 Å². The molecule has 0 heterocycles. The van der Waals surface area contributed by atoms with E-state index >= 15 is 0 Å². The molecule has 0 atom stereocenters. The maximum absolute atomic E-state index is 8.86. The lowest BCUT2D eigenvalue weighted by Crippen LogP contribution is -2.30. The zero-order valence-corrected chi connectivity index (χ0v) is 11.3. The van der Waals surface area contributed by atoms with Crippen LogP contribution in [-0.2, 0) is 0 Å². The van der Waals surface area contributed by atoms with Crippen molar-refractivity contribution in [3.63, 3.8) is 0 Å². The molecule has 0 aromatic heterocycles. The van der Waals surface area contributed by atoms with Crippen LogP contribution in [-0.4, -0.2) is 48.0 Å². The molecular formula is C14H29NO2. The van der Waals surface area contributed by atoms with Crippen LogP contribution in [0, 0.1) is 0 Å². The zero-order chi connectivity index (χ0) is 12.9. The maximum atomic E-state index is 8.86. The first kappa shape index (κ1) is 16.6. The molecule has 0 bridgehead atoms. The third-order valence-electron chi connectivity index (χ3n) is 3.09. The Kier molecular flexibility index (Phi) is 11.8. The standard InChI is InChI=1S/C14H29NO2/c1-3-14(2)8-6-4-5-7-9-15(10-12-16)11-13-17/h16-17H,2-13H2,1H3. The van der Waals surface area contributed by atoms with Crippen molar-refractivity contribution in [2.75, 3.05) is 32.8 Å². The van der Waals surface area contributed by atoms with Crippen molar-refractivity contribution >= 4 is 0 Å². The van der Waals surface area contributed by atoms with Crippen molar-refractivity contribution in [1.29, 1.82) is 0 Å².